The van der Waals surface area contributed by atoms with E-state index in [1.807, 2.05) is 30.3 Å². The van der Waals surface area contributed by atoms with E-state index in [-0.39, 0.29) is 18.0 Å². The normalized spacial score (nSPS) is 13.9. The van der Waals surface area contributed by atoms with E-state index in [0.29, 0.717) is 59.7 Å². The number of benzene rings is 2. The average Bonchev–Trinajstić information content (AvgIpc) is 2.87. The van der Waals surface area contributed by atoms with Crippen LogP contribution in [0.4, 0.5) is 4.79 Å². The number of nitrogens with one attached hydrogen (secondary N) is 1. The molecule has 0 aliphatic carbocycles. The van der Waals surface area contributed by atoms with Gasteiger partial charge in [-0.3, -0.25) is 4.79 Å². The number of rotatable bonds is 6. The highest BCUT2D eigenvalue weighted by atomic mass is 35.5. The van der Waals surface area contributed by atoms with Crippen LogP contribution in [0.25, 0.3) is 22.2 Å². The van der Waals surface area contributed by atoms with Crippen LogP contribution in [0, 0.1) is 0 Å². The number of hydrogen-bond donors (Lipinski definition) is 1. The first kappa shape index (κ1) is 24.5. The van der Waals surface area contributed by atoms with Gasteiger partial charge in [-0.15, -0.1) is 0 Å². The Balaban J connectivity index is 1.39. The molecular formula is C26H26ClN3O5. The molecule has 1 aromatic heterocycles. The number of likely N-dealkylation sites (tertiary alicyclic amines) is 1. The quantitative estimate of drug-likeness (QED) is 0.507. The number of ether oxygens (including phenoxy) is 2. The van der Waals surface area contributed by atoms with Crippen molar-refractivity contribution in [1.82, 2.24) is 15.2 Å². The fraction of sp³-hybridized carbons (Fsp3) is 0.308. The summed E-state index contributed by atoms with van der Waals surface area (Å²) in [4.78, 5) is 43.5. The lowest BCUT2D eigenvalue weighted by atomic mass is 10.0. The maximum Gasteiger partial charge on any atom is 0.409 e. The van der Waals surface area contributed by atoms with Gasteiger partial charge < -0.3 is 19.7 Å². The van der Waals surface area contributed by atoms with Gasteiger partial charge in [0, 0.05) is 35.1 Å². The highest BCUT2D eigenvalue weighted by Gasteiger charge is 2.25. The zero-order valence-corrected chi connectivity index (χ0v) is 20.1. The standard InChI is InChI=1S/C26H26ClN3O5/c1-2-34-26(33)30-13-11-19(12-14-30)28-24(31)16-35-25(32)21-15-23(17-7-9-18(27)10-8-17)29-22-6-4-3-5-20(21)22/h3-10,15,19H,2,11-14,16H2,1H3,(H,28,31). The zero-order valence-electron chi connectivity index (χ0n) is 19.3. The molecule has 3 aromatic rings. The number of hydrogen-bond acceptors (Lipinski definition) is 6. The maximum atomic E-state index is 13.0. The molecule has 182 valence electrons. The van der Waals surface area contributed by atoms with Gasteiger partial charge in [-0.05, 0) is 44.0 Å². The molecule has 2 aromatic carbocycles. The van der Waals surface area contributed by atoms with Crippen molar-refractivity contribution in [3.8, 4) is 11.3 Å². The number of amides is 2. The molecule has 1 aliphatic rings. The van der Waals surface area contributed by atoms with Crippen molar-refractivity contribution in [2.24, 2.45) is 0 Å². The van der Waals surface area contributed by atoms with Crippen molar-refractivity contribution >= 4 is 40.5 Å². The molecule has 1 saturated heterocycles. The van der Waals surface area contributed by atoms with Gasteiger partial charge in [0.15, 0.2) is 6.61 Å². The van der Waals surface area contributed by atoms with Gasteiger partial charge in [-0.1, -0.05) is 41.9 Å². The van der Waals surface area contributed by atoms with Crippen molar-refractivity contribution in [3.05, 3.63) is 65.2 Å². The third-order valence-electron chi connectivity index (χ3n) is 5.80. The van der Waals surface area contributed by atoms with Gasteiger partial charge in [-0.2, -0.15) is 0 Å². The van der Waals surface area contributed by atoms with Crippen LogP contribution in [-0.4, -0.2) is 60.2 Å². The number of pyridine rings is 1. The lowest BCUT2D eigenvalue weighted by Gasteiger charge is -2.31. The Hall–Kier alpha value is -3.65. The summed E-state index contributed by atoms with van der Waals surface area (Å²) in [6.45, 7) is 2.69. The summed E-state index contributed by atoms with van der Waals surface area (Å²) in [5.41, 5.74) is 2.38. The number of halogens is 1. The van der Waals surface area contributed by atoms with Crippen LogP contribution in [0.3, 0.4) is 0 Å². The Morgan fingerprint density at radius 1 is 1.06 bits per heavy atom. The van der Waals surface area contributed by atoms with Crippen LogP contribution in [0.2, 0.25) is 5.02 Å². The molecule has 4 rings (SSSR count). The molecule has 2 amide bonds. The van der Waals surface area contributed by atoms with E-state index in [4.69, 9.17) is 21.1 Å². The van der Waals surface area contributed by atoms with Crippen LogP contribution >= 0.6 is 11.6 Å². The molecule has 0 radical (unpaired) electrons. The predicted octanol–water partition coefficient (Wildman–Crippen LogP) is 4.45. The van der Waals surface area contributed by atoms with E-state index >= 15 is 0 Å². The van der Waals surface area contributed by atoms with Crippen LogP contribution in [-0.2, 0) is 14.3 Å². The summed E-state index contributed by atoms with van der Waals surface area (Å²) in [5, 5.41) is 4.12. The lowest BCUT2D eigenvalue weighted by molar-refractivity contribution is -0.125. The highest BCUT2D eigenvalue weighted by Crippen LogP contribution is 2.26. The third kappa shape index (κ3) is 6.08. The fourth-order valence-corrected chi connectivity index (χ4v) is 4.14. The van der Waals surface area contributed by atoms with E-state index in [1.54, 1.807) is 36.1 Å². The molecule has 35 heavy (non-hydrogen) atoms. The number of esters is 1. The Kier molecular flexibility index (Phi) is 7.82. The van der Waals surface area contributed by atoms with E-state index < -0.39 is 12.6 Å². The van der Waals surface area contributed by atoms with Crippen molar-refractivity contribution < 1.29 is 23.9 Å². The molecule has 1 aliphatic heterocycles. The number of para-hydroxylation sites is 1. The average molecular weight is 496 g/mol. The SMILES string of the molecule is CCOC(=O)N1CCC(NC(=O)COC(=O)c2cc(-c3ccc(Cl)cc3)nc3ccccc23)CC1. The molecule has 0 unspecified atom stereocenters. The molecule has 0 atom stereocenters. The second-order valence-electron chi connectivity index (χ2n) is 8.18. The smallest absolute Gasteiger partial charge is 0.409 e. The fourth-order valence-electron chi connectivity index (χ4n) is 4.01. The minimum absolute atomic E-state index is 0.0925. The summed E-state index contributed by atoms with van der Waals surface area (Å²) in [5.74, 6) is -0.990. The van der Waals surface area contributed by atoms with Gasteiger partial charge in [-0.25, -0.2) is 14.6 Å². The third-order valence-corrected chi connectivity index (χ3v) is 6.05. The Bertz CT molecular complexity index is 1220. The minimum Gasteiger partial charge on any atom is -0.452 e. The first-order valence-corrected chi connectivity index (χ1v) is 11.9. The molecule has 8 nitrogen and oxygen atoms in total. The first-order chi connectivity index (χ1) is 16.9. The number of aromatic nitrogens is 1. The van der Waals surface area contributed by atoms with Gasteiger partial charge in [0.05, 0.1) is 23.4 Å². The molecule has 0 bridgehead atoms. The highest BCUT2D eigenvalue weighted by molar-refractivity contribution is 6.30. The monoisotopic (exact) mass is 495 g/mol. The number of carbonyl (C=O) groups excluding carboxylic acids is 3. The lowest BCUT2D eigenvalue weighted by Crippen LogP contribution is -2.47. The number of fused-ring (bicyclic) bond motifs is 1. The largest absolute Gasteiger partial charge is 0.452 e. The Morgan fingerprint density at radius 2 is 1.77 bits per heavy atom. The minimum atomic E-state index is -0.605. The van der Waals surface area contributed by atoms with Crippen molar-refractivity contribution in [2.45, 2.75) is 25.8 Å². The molecule has 0 saturated carbocycles. The summed E-state index contributed by atoms with van der Waals surface area (Å²) >= 11 is 6.00. The van der Waals surface area contributed by atoms with Gasteiger partial charge in [0.2, 0.25) is 0 Å². The van der Waals surface area contributed by atoms with E-state index in [9.17, 15) is 14.4 Å². The van der Waals surface area contributed by atoms with Crippen LogP contribution < -0.4 is 5.32 Å². The molecule has 2 heterocycles. The predicted molar refractivity (Wildman–Crippen MR) is 132 cm³/mol. The number of nitrogens with zero attached hydrogens (tertiary/aromatic N) is 2. The van der Waals surface area contributed by atoms with Crippen molar-refractivity contribution in [2.75, 3.05) is 26.3 Å². The Morgan fingerprint density at radius 3 is 2.49 bits per heavy atom. The molecule has 0 spiro atoms. The second-order valence-corrected chi connectivity index (χ2v) is 8.62. The van der Waals surface area contributed by atoms with E-state index in [2.05, 4.69) is 10.3 Å². The summed E-state index contributed by atoms with van der Waals surface area (Å²) in [7, 11) is 0. The maximum absolute atomic E-state index is 13.0. The van der Waals surface area contributed by atoms with E-state index in [1.165, 1.54) is 0 Å². The molecule has 1 N–H and O–H groups in total. The second kappa shape index (κ2) is 11.2. The summed E-state index contributed by atoms with van der Waals surface area (Å²) in [6.07, 6.45) is 0.879. The number of piperidine rings is 1. The van der Waals surface area contributed by atoms with Gasteiger partial charge in [0.1, 0.15) is 0 Å². The molecular weight excluding hydrogens is 470 g/mol. The molecule has 1 fully saturated rings. The van der Waals surface area contributed by atoms with Crippen LogP contribution in [0.15, 0.2) is 54.6 Å². The summed E-state index contributed by atoms with van der Waals surface area (Å²) < 4.78 is 10.4. The van der Waals surface area contributed by atoms with Gasteiger partial charge in [0.25, 0.3) is 5.91 Å². The van der Waals surface area contributed by atoms with Crippen molar-refractivity contribution in [1.29, 1.82) is 0 Å². The topological polar surface area (TPSA) is 97.8 Å². The number of carbonyl (C=O) groups is 3. The van der Waals surface area contributed by atoms with E-state index in [0.717, 1.165) is 5.56 Å². The van der Waals surface area contributed by atoms with Crippen LogP contribution in [0.1, 0.15) is 30.1 Å². The first-order valence-electron chi connectivity index (χ1n) is 11.5. The zero-order chi connectivity index (χ0) is 24.8. The van der Waals surface area contributed by atoms with Gasteiger partial charge >= 0.3 is 12.1 Å². The Labute approximate surface area is 208 Å². The van der Waals surface area contributed by atoms with Crippen molar-refractivity contribution in [3.63, 3.8) is 0 Å². The molecule has 9 heteroatoms. The summed E-state index contributed by atoms with van der Waals surface area (Å²) in [6, 6.07) is 16.0. The van der Waals surface area contributed by atoms with Crippen LogP contribution in [0.5, 0.6) is 0 Å².